The zero-order valence-electron chi connectivity index (χ0n) is 12.1. The normalized spacial score (nSPS) is 12.0. The Balaban J connectivity index is 3.46. The van der Waals surface area contributed by atoms with Crippen molar-refractivity contribution in [1.82, 2.24) is 0 Å². The molecule has 1 aromatic rings. The van der Waals surface area contributed by atoms with E-state index in [0.717, 1.165) is 12.8 Å². The van der Waals surface area contributed by atoms with Crippen molar-refractivity contribution in [3.8, 4) is 0 Å². The first-order valence-corrected chi connectivity index (χ1v) is 6.49. The first-order valence-electron chi connectivity index (χ1n) is 6.49. The fraction of sp³-hybridized carbons (Fsp3) is 0.538. The average Bonchev–Trinajstić information content (AvgIpc) is 2.33. The van der Waals surface area contributed by atoms with Gasteiger partial charge in [0.15, 0.2) is 5.69 Å². The number of nitro groups is 2. The second-order valence-electron chi connectivity index (χ2n) is 4.91. The van der Waals surface area contributed by atoms with Crippen molar-refractivity contribution in [2.24, 2.45) is 0 Å². The van der Waals surface area contributed by atoms with Crippen LogP contribution in [0, 0.1) is 34.1 Å². The van der Waals surface area contributed by atoms with Gasteiger partial charge in [-0.05, 0) is 32.8 Å². The lowest BCUT2D eigenvalue weighted by atomic mass is 10.0. The van der Waals surface area contributed by atoms with Gasteiger partial charge < -0.3 is 5.32 Å². The maximum absolute atomic E-state index is 11.3. The van der Waals surface area contributed by atoms with Crippen molar-refractivity contribution in [2.75, 3.05) is 5.32 Å². The van der Waals surface area contributed by atoms with Gasteiger partial charge in [0.25, 0.3) is 5.69 Å². The van der Waals surface area contributed by atoms with Crippen LogP contribution in [0.4, 0.5) is 17.1 Å². The number of nitrogens with zero attached hydrogens (tertiary/aromatic N) is 2. The molecule has 0 aliphatic carbocycles. The topological polar surface area (TPSA) is 98.3 Å². The van der Waals surface area contributed by atoms with Crippen LogP contribution in [-0.4, -0.2) is 15.9 Å². The third kappa shape index (κ3) is 3.23. The predicted octanol–water partition coefficient (Wildman–Crippen LogP) is 3.72. The molecule has 0 aliphatic heterocycles. The molecule has 1 rings (SSSR count). The smallest absolute Gasteiger partial charge is 0.302 e. The summed E-state index contributed by atoms with van der Waals surface area (Å²) in [4.78, 5) is 21.3. The fourth-order valence-corrected chi connectivity index (χ4v) is 2.15. The number of benzene rings is 1. The number of rotatable bonds is 6. The molecular weight excluding hydrogens is 262 g/mol. The van der Waals surface area contributed by atoms with E-state index in [-0.39, 0.29) is 23.1 Å². The van der Waals surface area contributed by atoms with Crippen molar-refractivity contribution < 1.29 is 9.85 Å². The summed E-state index contributed by atoms with van der Waals surface area (Å²) in [6.07, 6.45) is 1.67. The van der Waals surface area contributed by atoms with Gasteiger partial charge in [-0.3, -0.25) is 20.2 Å². The highest BCUT2D eigenvalue weighted by Crippen LogP contribution is 2.39. The van der Waals surface area contributed by atoms with E-state index >= 15 is 0 Å². The summed E-state index contributed by atoms with van der Waals surface area (Å²) in [5.74, 6) is 0. The van der Waals surface area contributed by atoms with Gasteiger partial charge in [0.2, 0.25) is 0 Å². The number of anilines is 1. The van der Waals surface area contributed by atoms with Crippen molar-refractivity contribution in [1.29, 1.82) is 0 Å². The first kappa shape index (κ1) is 15.9. The van der Waals surface area contributed by atoms with E-state index in [1.165, 1.54) is 6.07 Å². The molecule has 110 valence electrons. The van der Waals surface area contributed by atoms with E-state index in [0.29, 0.717) is 11.1 Å². The Morgan fingerprint density at radius 3 is 2.30 bits per heavy atom. The summed E-state index contributed by atoms with van der Waals surface area (Å²) in [5.41, 5.74) is 0.537. The molecule has 0 radical (unpaired) electrons. The Labute approximate surface area is 117 Å². The van der Waals surface area contributed by atoms with Crippen molar-refractivity contribution >= 4 is 17.1 Å². The van der Waals surface area contributed by atoms with Gasteiger partial charge in [-0.1, -0.05) is 13.3 Å². The zero-order chi connectivity index (χ0) is 15.4. The highest BCUT2D eigenvalue weighted by Gasteiger charge is 2.29. The maximum atomic E-state index is 11.3. The van der Waals surface area contributed by atoms with Crippen LogP contribution in [0.3, 0.4) is 0 Å². The molecule has 0 aromatic heterocycles. The molecular formula is C13H19N3O4. The minimum absolute atomic E-state index is 0.00375. The quantitative estimate of drug-likeness (QED) is 0.632. The molecule has 1 N–H and O–H groups in total. The lowest BCUT2D eigenvalue weighted by Gasteiger charge is -2.16. The minimum Gasteiger partial charge on any atom is -0.371 e. The highest BCUT2D eigenvalue weighted by molar-refractivity contribution is 5.77. The monoisotopic (exact) mass is 281 g/mol. The van der Waals surface area contributed by atoms with Crippen molar-refractivity contribution in [3.63, 3.8) is 0 Å². The molecule has 20 heavy (non-hydrogen) atoms. The summed E-state index contributed by atoms with van der Waals surface area (Å²) in [5, 5.41) is 25.3. The second kappa shape index (κ2) is 6.31. The average molecular weight is 281 g/mol. The molecule has 0 bridgehead atoms. The lowest BCUT2D eigenvalue weighted by Crippen LogP contribution is -2.17. The largest absolute Gasteiger partial charge is 0.371 e. The Hall–Kier alpha value is -2.18. The number of nitrogens with one attached hydrogen (secondary N) is 1. The molecule has 1 atom stereocenters. The van der Waals surface area contributed by atoms with E-state index in [4.69, 9.17) is 0 Å². The first-order chi connectivity index (χ1) is 9.29. The highest BCUT2D eigenvalue weighted by atomic mass is 16.6. The van der Waals surface area contributed by atoms with Crippen LogP contribution in [0.15, 0.2) is 6.07 Å². The second-order valence-corrected chi connectivity index (χ2v) is 4.91. The van der Waals surface area contributed by atoms with Gasteiger partial charge in [0, 0.05) is 17.7 Å². The van der Waals surface area contributed by atoms with Crippen LogP contribution in [0.5, 0.6) is 0 Å². The Kier molecular flexibility index (Phi) is 5.01. The molecule has 0 saturated heterocycles. The van der Waals surface area contributed by atoms with Gasteiger partial charge >= 0.3 is 5.69 Å². The molecule has 1 unspecified atom stereocenters. The maximum Gasteiger partial charge on any atom is 0.302 e. The van der Waals surface area contributed by atoms with Gasteiger partial charge in [-0.25, -0.2) is 0 Å². The standard InChI is InChI=1S/C13H19N3O4/c1-5-6-9(3)14-12-11(15(17)18)7-8(2)10(4)13(12)16(19)20/h7,9,14H,5-6H2,1-4H3. The molecule has 7 nitrogen and oxygen atoms in total. The van der Waals surface area contributed by atoms with Gasteiger partial charge in [-0.15, -0.1) is 0 Å². The molecule has 0 spiro atoms. The summed E-state index contributed by atoms with van der Waals surface area (Å²) in [6.45, 7) is 7.08. The molecule has 0 heterocycles. The summed E-state index contributed by atoms with van der Waals surface area (Å²) >= 11 is 0. The van der Waals surface area contributed by atoms with E-state index in [1.54, 1.807) is 13.8 Å². The van der Waals surface area contributed by atoms with E-state index in [1.807, 2.05) is 13.8 Å². The molecule has 0 aliphatic rings. The molecule has 0 fully saturated rings. The van der Waals surface area contributed by atoms with Gasteiger partial charge in [0.1, 0.15) is 0 Å². The lowest BCUT2D eigenvalue weighted by molar-refractivity contribution is -0.392. The SMILES string of the molecule is CCCC(C)Nc1c([N+](=O)[O-])cc(C)c(C)c1[N+](=O)[O-]. The minimum atomic E-state index is -0.583. The summed E-state index contributed by atoms with van der Waals surface area (Å²) in [6, 6.07) is 1.31. The van der Waals surface area contributed by atoms with Crippen molar-refractivity contribution in [2.45, 2.75) is 46.6 Å². The molecule has 1 aromatic carbocycles. The number of aryl methyl sites for hydroxylation is 1. The predicted molar refractivity (Wildman–Crippen MR) is 77.2 cm³/mol. The van der Waals surface area contributed by atoms with Crippen LogP contribution >= 0.6 is 0 Å². The third-order valence-corrected chi connectivity index (χ3v) is 3.28. The Morgan fingerprint density at radius 1 is 1.25 bits per heavy atom. The summed E-state index contributed by atoms with van der Waals surface area (Å²) < 4.78 is 0. The molecule has 7 heteroatoms. The zero-order valence-corrected chi connectivity index (χ0v) is 12.1. The number of nitro benzene ring substituents is 2. The number of hydrogen-bond donors (Lipinski definition) is 1. The van der Waals surface area contributed by atoms with Crippen LogP contribution in [0.2, 0.25) is 0 Å². The van der Waals surface area contributed by atoms with Gasteiger partial charge in [0.05, 0.1) is 9.85 Å². The number of hydrogen-bond acceptors (Lipinski definition) is 5. The van der Waals surface area contributed by atoms with Crippen LogP contribution in [0.25, 0.3) is 0 Å². The fourth-order valence-electron chi connectivity index (χ4n) is 2.15. The molecule has 0 amide bonds. The van der Waals surface area contributed by atoms with E-state index in [9.17, 15) is 20.2 Å². The van der Waals surface area contributed by atoms with Crippen LogP contribution in [0.1, 0.15) is 37.8 Å². The molecule has 0 saturated carbocycles. The van der Waals surface area contributed by atoms with E-state index in [2.05, 4.69) is 5.32 Å². The Morgan fingerprint density at radius 2 is 1.85 bits per heavy atom. The Bertz CT molecular complexity index is 543. The van der Waals surface area contributed by atoms with Crippen LogP contribution in [-0.2, 0) is 0 Å². The van der Waals surface area contributed by atoms with Crippen LogP contribution < -0.4 is 5.32 Å². The van der Waals surface area contributed by atoms with E-state index < -0.39 is 9.85 Å². The van der Waals surface area contributed by atoms with Crippen molar-refractivity contribution in [3.05, 3.63) is 37.4 Å². The summed E-state index contributed by atoms with van der Waals surface area (Å²) in [7, 11) is 0. The van der Waals surface area contributed by atoms with Gasteiger partial charge in [-0.2, -0.15) is 0 Å². The third-order valence-electron chi connectivity index (χ3n) is 3.28.